The third kappa shape index (κ3) is 2.96. The first-order valence-corrected chi connectivity index (χ1v) is 6.92. The van der Waals surface area contributed by atoms with Gasteiger partial charge in [-0.05, 0) is 36.4 Å². The van der Waals surface area contributed by atoms with Gasteiger partial charge >= 0.3 is 0 Å². The normalized spacial score (nSPS) is 10.6. The molecule has 0 bridgehead atoms. The van der Waals surface area contributed by atoms with Crippen LogP contribution in [0, 0.1) is 5.82 Å². The van der Waals surface area contributed by atoms with Crippen molar-refractivity contribution in [3.05, 3.63) is 54.0 Å². The molecular weight excluding hydrogens is 299 g/mol. The minimum Gasteiger partial charge on any atom is -0.493 e. The average Bonchev–Trinajstić information content (AvgIpc) is 2.98. The van der Waals surface area contributed by atoms with Crippen LogP contribution in [0.2, 0.25) is 0 Å². The maximum atomic E-state index is 12.9. The molecule has 0 aliphatic carbocycles. The highest BCUT2D eigenvalue weighted by atomic mass is 19.1. The van der Waals surface area contributed by atoms with Crippen LogP contribution < -0.4 is 14.8 Å². The van der Waals surface area contributed by atoms with Gasteiger partial charge in [-0.1, -0.05) is 0 Å². The van der Waals surface area contributed by atoms with E-state index in [0.29, 0.717) is 22.9 Å². The van der Waals surface area contributed by atoms with Crippen LogP contribution in [-0.4, -0.2) is 25.1 Å². The lowest BCUT2D eigenvalue weighted by Crippen LogP contribution is -2.12. The van der Waals surface area contributed by atoms with Crippen LogP contribution in [0.5, 0.6) is 11.5 Å². The summed E-state index contributed by atoms with van der Waals surface area (Å²) in [5.74, 6) is 0.496. The largest absolute Gasteiger partial charge is 0.493 e. The van der Waals surface area contributed by atoms with E-state index in [-0.39, 0.29) is 11.7 Å². The smallest absolute Gasteiger partial charge is 0.272 e. The third-order valence-electron chi connectivity index (χ3n) is 3.47. The summed E-state index contributed by atoms with van der Waals surface area (Å²) < 4.78 is 23.4. The molecule has 3 aromatic rings. The van der Waals surface area contributed by atoms with Gasteiger partial charge in [0.05, 0.1) is 14.2 Å². The molecule has 3 rings (SSSR count). The van der Waals surface area contributed by atoms with Gasteiger partial charge in [-0.2, -0.15) is 0 Å². The molecule has 2 N–H and O–H groups in total. The molecule has 1 aromatic heterocycles. The number of aromatic nitrogens is 1. The van der Waals surface area contributed by atoms with Gasteiger partial charge in [0.25, 0.3) is 5.91 Å². The standard InChI is InChI=1S/C17H15FN2O3/c1-22-15-8-10-7-14(20-13(10)9-16(15)23-2)17(21)19-12-5-3-11(18)4-6-12/h3-9,20H,1-2H3,(H,19,21). The number of hydrogen-bond acceptors (Lipinski definition) is 3. The van der Waals surface area contributed by atoms with Gasteiger partial charge in [0.15, 0.2) is 11.5 Å². The van der Waals surface area contributed by atoms with E-state index in [9.17, 15) is 9.18 Å². The predicted molar refractivity (Wildman–Crippen MR) is 85.8 cm³/mol. The minimum atomic E-state index is -0.354. The number of rotatable bonds is 4. The molecule has 0 atom stereocenters. The number of ether oxygens (including phenoxy) is 2. The minimum absolute atomic E-state index is 0.314. The van der Waals surface area contributed by atoms with Crippen molar-refractivity contribution in [2.24, 2.45) is 0 Å². The Kier molecular flexibility index (Phi) is 3.89. The van der Waals surface area contributed by atoms with Crippen molar-refractivity contribution in [2.45, 2.75) is 0 Å². The van der Waals surface area contributed by atoms with Crippen LogP contribution >= 0.6 is 0 Å². The Morgan fingerprint density at radius 3 is 2.35 bits per heavy atom. The van der Waals surface area contributed by atoms with Gasteiger partial charge in [0.1, 0.15) is 11.5 Å². The topological polar surface area (TPSA) is 63.3 Å². The van der Waals surface area contributed by atoms with Crippen LogP contribution in [0.25, 0.3) is 10.9 Å². The summed E-state index contributed by atoms with van der Waals surface area (Å²) in [4.78, 5) is 15.3. The summed E-state index contributed by atoms with van der Waals surface area (Å²) in [5, 5.41) is 3.53. The van der Waals surface area contributed by atoms with E-state index in [1.165, 1.54) is 24.3 Å². The number of carbonyl (C=O) groups excluding carboxylic acids is 1. The molecule has 23 heavy (non-hydrogen) atoms. The molecule has 0 radical (unpaired) electrons. The first-order chi connectivity index (χ1) is 11.1. The van der Waals surface area contributed by atoms with Crippen molar-refractivity contribution < 1.29 is 18.7 Å². The summed E-state index contributed by atoms with van der Waals surface area (Å²) in [7, 11) is 3.10. The van der Waals surface area contributed by atoms with Crippen molar-refractivity contribution in [3.63, 3.8) is 0 Å². The van der Waals surface area contributed by atoms with Crippen molar-refractivity contribution in [1.29, 1.82) is 0 Å². The van der Waals surface area contributed by atoms with Gasteiger partial charge in [-0.25, -0.2) is 4.39 Å². The van der Waals surface area contributed by atoms with E-state index >= 15 is 0 Å². The second kappa shape index (κ2) is 6.00. The predicted octanol–water partition coefficient (Wildman–Crippen LogP) is 3.58. The second-order valence-electron chi connectivity index (χ2n) is 4.94. The summed E-state index contributed by atoms with van der Waals surface area (Å²) in [6.45, 7) is 0. The molecule has 0 spiro atoms. The first kappa shape index (κ1) is 14.9. The number of anilines is 1. The summed E-state index contributed by atoms with van der Waals surface area (Å²) >= 11 is 0. The number of carbonyl (C=O) groups is 1. The fraction of sp³-hybridized carbons (Fsp3) is 0.118. The van der Waals surface area contributed by atoms with Crippen molar-refractivity contribution in [1.82, 2.24) is 4.98 Å². The highest BCUT2D eigenvalue weighted by Gasteiger charge is 2.13. The van der Waals surface area contributed by atoms with Crippen LogP contribution in [0.4, 0.5) is 10.1 Å². The molecule has 0 aliphatic heterocycles. The SMILES string of the molecule is COc1cc2cc(C(=O)Nc3ccc(F)cc3)[nH]c2cc1OC. The summed E-state index contributed by atoms with van der Waals surface area (Å²) in [5.41, 5.74) is 1.66. The van der Waals surface area contributed by atoms with Gasteiger partial charge < -0.3 is 19.8 Å². The molecule has 118 valence electrons. The van der Waals surface area contributed by atoms with Crippen LogP contribution in [0.1, 0.15) is 10.5 Å². The first-order valence-electron chi connectivity index (χ1n) is 6.92. The molecule has 0 unspecified atom stereocenters. The molecule has 1 amide bonds. The fourth-order valence-corrected chi connectivity index (χ4v) is 2.31. The molecule has 0 saturated heterocycles. The Morgan fingerprint density at radius 1 is 1.04 bits per heavy atom. The lowest BCUT2D eigenvalue weighted by molar-refractivity contribution is 0.102. The summed E-state index contributed by atoms with van der Waals surface area (Å²) in [6.07, 6.45) is 0. The lowest BCUT2D eigenvalue weighted by atomic mass is 10.2. The van der Waals surface area contributed by atoms with E-state index in [2.05, 4.69) is 10.3 Å². The van der Waals surface area contributed by atoms with Gasteiger partial charge in [0, 0.05) is 22.7 Å². The second-order valence-corrected chi connectivity index (χ2v) is 4.94. The van der Waals surface area contributed by atoms with Gasteiger partial charge in [-0.15, -0.1) is 0 Å². The Balaban J connectivity index is 1.90. The van der Waals surface area contributed by atoms with Crippen molar-refractivity contribution >= 4 is 22.5 Å². The van der Waals surface area contributed by atoms with Crippen LogP contribution in [-0.2, 0) is 0 Å². The Bertz CT molecular complexity index is 815. The number of hydrogen-bond donors (Lipinski definition) is 2. The molecule has 2 aromatic carbocycles. The zero-order chi connectivity index (χ0) is 16.4. The Labute approximate surface area is 132 Å². The van der Waals surface area contributed by atoms with Crippen molar-refractivity contribution in [3.8, 4) is 11.5 Å². The number of aromatic amines is 1. The quantitative estimate of drug-likeness (QED) is 0.774. The van der Waals surface area contributed by atoms with Crippen molar-refractivity contribution in [2.75, 3.05) is 19.5 Å². The molecule has 0 fully saturated rings. The van der Waals surface area contributed by atoms with Gasteiger partial charge in [0.2, 0.25) is 0 Å². The lowest BCUT2D eigenvalue weighted by Gasteiger charge is -2.06. The molecule has 6 heteroatoms. The molecule has 5 nitrogen and oxygen atoms in total. The molecular formula is C17H15FN2O3. The zero-order valence-corrected chi connectivity index (χ0v) is 12.6. The number of benzene rings is 2. The highest BCUT2D eigenvalue weighted by Crippen LogP contribution is 2.32. The molecule has 1 heterocycles. The number of methoxy groups -OCH3 is 2. The third-order valence-corrected chi connectivity index (χ3v) is 3.47. The summed E-state index contributed by atoms with van der Waals surface area (Å²) in [6, 6.07) is 10.9. The van der Waals surface area contributed by atoms with E-state index < -0.39 is 0 Å². The highest BCUT2D eigenvalue weighted by molar-refractivity contribution is 6.06. The number of fused-ring (bicyclic) bond motifs is 1. The maximum absolute atomic E-state index is 12.9. The molecule has 0 aliphatic rings. The average molecular weight is 314 g/mol. The van der Waals surface area contributed by atoms with E-state index in [4.69, 9.17) is 9.47 Å². The van der Waals surface area contributed by atoms with E-state index in [0.717, 1.165) is 10.9 Å². The number of amides is 1. The van der Waals surface area contributed by atoms with Gasteiger partial charge in [-0.3, -0.25) is 4.79 Å². The Hall–Kier alpha value is -3.02. The number of nitrogens with one attached hydrogen (secondary N) is 2. The maximum Gasteiger partial charge on any atom is 0.272 e. The van der Waals surface area contributed by atoms with Crippen LogP contribution in [0.15, 0.2) is 42.5 Å². The fourth-order valence-electron chi connectivity index (χ4n) is 2.31. The Morgan fingerprint density at radius 2 is 1.70 bits per heavy atom. The van der Waals surface area contributed by atoms with E-state index in [1.807, 2.05) is 0 Å². The monoisotopic (exact) mass is 314 g/mol. The van der Waals surface area contributed by atoms with Crippen LogP contribution in [0.3, 0.4) is 0 Å². The zero-order valence-electron chi connectivity index (χ0n) is 12.6. The van der Waals surface area contributed by atoms with E-state index in [1.54, 1.807) is 32.4 Å². The molecule has 0 saturated carbocycles. The number of halogens is 1. The number of H-pyrrole nitrogens is 1.